The summed E-state index contributed by atoms with van der Waals surface area (Å²) in [6.07, 6.45) is 0. The summed E-state index contributed by atoms with van der Waals surface area (Å²) in [6, 6.07) is 0. The summed E-state index contributed by atoms with van der Waals surface area (Å²) >= 11 is 0. The summed E-state index contributed by atoms with van der Waals surface area (Å²) in [4.78, 5) is 17.8. The summed E-state index contributed by atoms with van der Waals surface area (Å²) in [5.41, 5.74) is 0. The number of rotatable bonds is 0. The third-order valence-corrected chi connectivity index (χ3v) is 0. The minimum absolute atomic E-state index is 0. The van der Waals surface area contributed by atoms with Crippen LogP contribution in [0, 0.1) is 0 Å². The molecule has 10 heteroatoms. The van der Waals surface area contributed by atoms with Crippen LogP contribution in [0.15, 0.2) is 0 Å². The van der Waals surface area contributed by atoms with Gasteiger partial charge in [0, 0.05) is 11.9 Å². The molecule has 2 N–H and O–H groups in total. The van der Waals surface area contributed by atoms with Gasteiger partial charge >= 0.3 is 26.9 Å². The number of hydrogen-bond donors (Lipinski definition) is 2. The van der Waals surface area contributed by atoms with Crippen molar-refractivity contribution in [3.8, 4) is 0 Å². The molecule has 14 heavy (non-hydrogen) atoms. The van der Waals surface area contributed by atoms with Crippen LogP contribution in [0.1, 0.15) is 13.8 Å². The van der Waals surface area contributed by atoms with E-state index in [0.717, 1.165) is 13.8 Å². The SMILES string of the molecule is CC(=O)[O-].CC(=O)[O-].O=S(=O)(O)O.[Ni+2]. The molecule has 0 unspecified atom stereocenters. The summed E-state index contributed by atoms with van der Waals surface area (Å²) in [7, 11) is -4.67. The van der Waals surface area contributed by atoms with E-state index in [4.69, 9.17) is 37.3 Å². The molecule has 88 valence electrons. The van der Waals surface area contributed by atoms with Crippen molar-refractivity contribution in [2.45, 2.75) is 13.8 Å². The van der Waals surface area contributed by atoms with E-state index in [1.54, 1.807) is 0 Å². The van der Waals surface area contributed by atoms with E-state index in [2.05, 4.69) is 0 Å². The van der Waals surface area contributed by atoms with Crippen LogP contribution < -0.4 is 10.2 Å². The van der Waals surface area contributed by atoms with Gasteiger partial charge in [0.25, 0.3) is 0 Å². The molecule has 0 aromatic rings. The van der Waals surface area contributed by atoms with E-state index in [1.807, 2.05) is 0 Å². The van der Waals surface area contributed by atoms with E-state index in [9.17, 15) is 0 Å². The van der Waals surface area contributed by atoms with Crippen LogP contribution in [0.25, 0.3) is 0 Å². The average Bonchev–Trinajstić information content (AvgIpc) is 1.50. The van der Waals surface area contributed by atoms with Gasteiger partial charge in [-0.1, -0.05) is 0 Å². The van der Waals surface area contributed by atoms with Crippen LogP contribution in [0.3, 0.4) is 0 Å². The van der Waals surface area contributed by atoms with E-state index in [0.29, 0.717) is 0 Å². The van der Waals surface area contributed by atoms with E-state index < -0.39 is 22.3 Å². The van der Waals surface area contributed by atoms with Gasteiger partial charge in [0.2, 0.25) is 0 Å². The van der Waals surface area contributed by atoms with Gasteiger partial charge in [-0.25, -0.2) is 0 Å². The predicted molar refractivity (Wildman–Crippen MR) is 35.5 cm³/mol. The smallest absolute Gasteiger partial charge is 0.550 e. The van der Waals surface area contributed by atoms with Crippen LogP contribution in [-0.4, -0.2) is 29.5 Å². The summed E-state index contributed by atoms with van der Waals surface area (Å²) in [5, 5.41) is 17.8. The van der Waals surface area contributed by atoms with Gasteiger partial charge in [0.1, 0.15) is 0 Å². The molecule has 0 aromatic carbocycles. The van der Waals surface area contributed by atoms with E-state index in [1.165, 1.54) is 0 Å². The Labute approximate surface area is 90.4 Å². The molecule has 0 amide bonds. The topological polar surface area (TPSA) is 155 Å². The van der Waals surface area contributed by atoms with Gasteiger partial charge in [-0.05, 0) is 13.8 Å². The molecular weight excluding hydrogens is 267 g/mol. The molecule has 0 spiro atoms. The van der Waals surface area contributed by atoms with Crippen LogP contribution in [-0.2, 0) is 36.5 Å². The van der Waals surface area contributed by atoms with Crippen molar-refractivity contribution in [1.82, 2.24) is 0 Å². The minimum Gasteiger partial charge on any atom is -0.550 e. The third-order valence-electron chi connectivity index (χ3n) is 0. The number of hydrogen-bond acceptors (Lipinski definition) is 6. The second kappa shape index (κ2) is 12.3. The first kappa shape index (κ1) is 23.3. The van der Waals surface area contributed by atoms with Gasteiger partial charge in [-0.2, -0.15) is 8.42 Å². The second-order valence-corrected chi connectivity index (χ2v) is 2.33. The molecule has 0 heterocycles. The van der Waals surface area contributed by atoms with Crippen molar-refractivity contribution in [1.29, 1.82) is 0 Å². The molecule has 0 aliphatic rings. The summed E-state index contributed by atoms with van der Waals surface area (Å²) in [5.74, 6) is -2.17. The Morgan fingerprint density at radius 2 is 1.00 bits per heavy atom. The van der Waals surface area contributed by atoms with Crippen molar-refractivity contribution in [2.75, 3.05) is 0 Å². The Hall–Kier alpha value is -0.696. The summed E-state index contributed by atoms with van der Waals surface area (Å²) < 4.78 is 31.6. The van der Waals surface area contributed by atoms with E-state index in [-0.39, 0.29) is 16.5 Å². The largest absolute Gasteiger partial charge is 2.00 e. The number of carboxylic acid groups (broad SMARTS) is 2. The molecule has 0 atom stereocenters. The molecule has 0 radical (unpaired) electrons. The Balaban J connectivity index is -0.0000000522. The second-order valence-electron chi connectivity index (χ2n) is 1.43. The maximum atomic E-state index is 8.89. The third kappa shape index (κ3) is 2470. The number of carbonyl (C=O) groups excluding carboxylic acids is 2. The van der Waals surface area contributed by atoms with Gasteiger partial charge in [-0.3, -0.25) is 9.11 Å². The molecule has 8 nitrogen and oxygen atoms in total. The van der Waals surface area contributed by atoms with Crippen molar-refractivity contribution in [3.05, 3.63) is 0 Å². The van der Waals surface area contributed by atoms with Gasteiger partial charge in [0.05, 0.1) is 0 Å². The molecular formula is C4H8NiO8S. The van der Waals surface area contributed by atoms with Crippen LogP contribution >= 0.6 is 0 Å². The minimum atomic E-state index is -4.67. The Morgan fingerprint density at radius 1 is 1.00 bits per heavy atom. The van der Waals surface area contributed by atoms with Crippen molar-refractivity contribution >= 4 is 22.3 Å². The summed E-state index contributed by atoms with van der Waals surface area (Å²) in [6.45, 7) is 1.94. The Morgan fingerprint density at radius 3 is 1.00 bits per heavy atom. The zero-order chi connectivity index (χ0) is 11.7. The molecule has 0 saturated carbocycles. The van der Waals surface area contributed by atoms with Gasteiger partial charge in [0.15, 0.2) is 0 Å². The first-order valence-electron chi connectivity index (χ1n) is 2.51. The van der Waals surface area contributed by atoms with Crippen molar-refractivity contribution in [2.24, 2.45) is 0 Å². The Bertz CT molecular complexity index is 216. The van der Waals surface area contributed by atoms with Gasteiger partial charge < -0.3 is 19.8 Å². The molecule has 0 aliphatic heterocycles. The zero-order valence-corrected chi connectivity index (χ0v) is 8.87. The Kier molecular flexibility index (Phi) is 20.4. The van der Waals surface area contributed by atoms with Gasteiger partial charge in [-0.15, -0.1) is 0 Å². The first-order chi connectivity index (χ1) is 5.46. The van der Waals surface area contributed by atoms with E-state index >= 15 is 0 Å². The number of carboxylic acids is 2. The van der Waals surface area contributed by atoms with Crippen molar-refractivity contribution < 1.29 is 53.8 Å². The molecule has 0 saturated heterocycles. The molecule has 0 aliphatic carbocycles. The zero-order valence-electron chi connectivity index (χ0n) is 7.07. The monoisotopic (exact) mass is 274 g/mol. The predicted octanol–water partition coefficient (Wildman–Crippen LogP) is -3.14. The standard InChI is InChI=1S/2C2H4O2.Ni.H2O4S/c2*1-2(3)4;;1-5(2,3)4/h2*1H3,(H,3,4);;(H2,1,2,3,4)/q;;+2;/p-2. The maximum Gasteiger partial charge on any atom is 2.00 e. The maximum absolute atomic E-state index is 8.89. The molecule has 0 rings (SSSR count). The first-order valence-corrected chi connectivity index (χ1v) is 3.91. The quantitative estimate of drug-likeness (QED) is 0.347. The molecule has 0 fully saturated rings. The van der Waals surface area contributed by atoms with Crippen LogP contribution in [0.2, 0.25) is 0 Å². The normalized spacial score (nSPS) is 7.71. The fraction of sp³-hybridized carbons (Fsp3) is 0.500. The number of carbonyl (C=O) groups is 2. The fourth-order valence-electron chi connectivity index (χ4n) is 0. The van der Waals surface area contributed by atoms with Crippen LogP contribution in [0.5, 0.6) is 0 Å². The molecule has 0 bridgehead atoms. The average molecular weight is 275 g/mol. The van der Waals surface area contributed by atoms with Crippen LogP contribution in [0.4, 0.5) is 0 Å². The molecule has 0 aromatic heterocycles. The number of aliphatic carboxylic acids is 2. The fourth-order valence-corrected chi connectivity index (χ4v) is 0. The van der Waals surface area contributed by atoms with Crippen molar-refractivity contribution in [3.63, 3.8) is 0 Å².